The number of hydrogen-bond acceptors (Lipinski definition) is 2. The first-order chi connectivity index (χ1) is 10.9. The van der Waals surface area contributed by atoms with Gasteiger partial charge in [0, 0.05) is 0 Å². The highest BCUT2D eigenvalue weighted by atomic mass is 35.5. The smallest absolute Gasteiger partial charge is 0.233 e. The lowest BCUT2D eigenvalue weighted by Crippen LogP contribution is -2.22. The summed E-state index contributed by atoms with van der Waals surface area (Å²) in [5.41, 5.74) is 2.83. The maximum Gasteiger partial charge on any atom is 0.233 e. The highest BCUT2D eigenvalue weighted by Crippen LogP contribution is 2.27. The minimum atomic E-state index is -0.448. The van der Waals surface area contributed by atoms with Crippen molar-refractivity contribution in [1.82, 2.24) is 0 Å². The molecule has 0 aliphatic heterocycles. The fourth-order valence-corrected chi connectivity index (χ4v) is 2.71. The van der Waals surface area contributed by atoms with Gasteiger partial charge in [0.05, 0.1) is 21.4 Å². The van der Waals surface area contributed by atoms with Crippen LogP contribution >= 0.6 is 23.2 Å². The van der Waals surface area contributed by atoms with Gasteiger partial charge in [0.25, 0.3) is 0 Å². The minimum absolute atomic E-state index is 0.325. The number of carbonyl (C=O) groups is 2. The van der Waals surface area contributed by atoms with Gasteiger partial charge in [0.1, 0.15) is 6.42 Å². The van der Waals surface area contributed by atoms with Crippen LogP contribution in [0.5, 0.6) is 0 Å². The third-order valence-electron chi connectivity index (χ3n) is 3.17. The third kappa shape index (κ3) is 4.71. The number of benzene rings is 2. The van der Waals surface area contributed by atoms with E-state index in [2.05, 4.69) is 10.6 Å². The number of anilines is 2. The van der Waals surface area contributed by atoms with Gasteiger partial charge in [-0.2, -0.15) is 0 Å². The van der Waals surface area contributed by atoms with Crippen LogP contribution in [0.4, 0.5) is 11.4 Å². The quantitative estimate of drug-likeness (QED) is 0.793. The van der Waals surface area contributed by atoms with E-state index in [0.717, 1.165) is 11.1 Å². The summed E-state index contributed by atoms with van der Waals surface area (Å²) >= 11 is 12.1. The van der Waals surface area contributed by atoms with E-state index in [4.69, 9.17) is 23.2 Å². The SMILES string of the molecule is Cc1cc(C)c(NC(=O)CC(=O)Nc2ccccc2Cl)c(Cl)c1. The molecule has 2 rings (SSSR count). The molecular formula is C17H16Cl2N2O2. The van der Waals surface area contributed by atoms with Crippen molar-refractivity contribution in [2.75, 3.05) is 10.6 Å². The van der Waals surface area contributed by atoms with Crippen LogP contribution in [0.15, 0.2) is 36.4 Å². The Hall–Kier alpha value is -2.04. The summed E-state index contributed by atoms with van der Waals surface area (Å²) in [7, 11) is 0. The molecule has 2 aromatic carbocycles. The van der Waals surface area contributed by atoms with Crippen LogP contribution in [0.2, 0.25) is 10.0 Å². The second-order valence-electron chi connectivity index (χ2n) is 5.19. The van der Waals surface area contributed by atoms with Gasteiger partial charge in [0.2, 0.25) is 11.8 Å². The first-order valence-electron chi connectivity index (χ1n) is 6.98. The zero-order valence-corrected chi connectivity index (χ0v) is 14.3. The second kappa shape index (κ2) is 7.49. The number of halogens is 2. The average molecular weight is 351 g/mol. The van der Waals surface area contributed by atoms with Gasteiger partial charge in [-0.1, -0.05) is 41.4 Å². The highest BCUT2D eigenvalue weighted by molar-refractivity contribution is 6.34. The minimum Gasteiger partial charge on any atom is -0.324 e. The van der Waals surface area contributed by atoms with Crippen LogP contribution in [0, 0.1) is 13.8 Å². The highest BCUT2D eigenvalue weighted by Gasteiger charge is 2.14. The lowest BCUT2D eigenvalue weighted by atomic mass is 10.1. The average Bonchev–Trinajstić information content (AvgIpc) is 2.45. The Kier molecular flexibility index (Phi) is 5.64. The first-order valence-corrected chi connectivity index (χ1v) is 7.73. The van der Waals surface area contributed by atoms with Gasteiger partial charge >= 0.3 is 0 Å². The predicted molar refractivity (Wildman–Crippen MR) is 94.3 cm³/mol. The van der Waals surface area contributed by atoms with Gasteiger partial charge in [-0.3, -0.25) is 9.59 Å². The zero-order chi connectivity index (χ0) is 17.0. The van der Waals surface area contributed by atoms with Crippen molar-refractivity contribution in [3.8, 4) is 0 Å². The number of para-hydroxylation sites is 1. The van der Waals surface area contributed by atoms with Crippen molar-refractivity contribution < 1.29 is 9.59 Å². The lowest BCUT2D eigenvalue weighted by Gasteiger charge is -2.12. The Morgan fingerprint density at radius 2 is 1.61 bits per heavy atom. The van der Waals surface area contributed by atoms with Crippen molar-refractivity contribution >= 4 is 46.4 Å². The molecule has 0 aliphatic rings. The largest absolute Gasteiger partial charge is 0.324 e. The molecule has 23 heavy (non-hydrogen) atoms. The van der Waals surface area contributed by atoms with E-state index < -0.39 is 11.8 Å². The number of aryl methyl sites for hydroxylation is 2. The topological polar surface area (TPSA) is 58.2 Å². The molecule has 6 heteroatoms. The summed E-state index contributed by atoms with van der Waals surface area (Å²) in [5.74, 6) is -0.889. The molecule has 0 aromatic heterocycles. The summed E-state index contributed by atoms with van der Waals surface area (Å²) in [4.78, 5) is 23.9. The monoisotopic (exact) mass is 350 g/mol. The van der Waals surface area contributed by atoms with E-state index in [0.29, 0.717) is 21.4 Å². The Morgan fingerprint density at radius 3 is 2.26 bits per heavy atom. The number of nitrogens with one attached hydrogen (secondary N) is 2. The Balaban J connectivity index is 2.00. The van der Waals surface area contributed by atoms with Gasteiger partial charge in [-0.05, 0) is 43.2 Å². The van der Waals surface area contributed by atoms with Crippen molar-refractivity contribution in [2.24, 2.45) is 0 Å². The van der Waals surface area contributed by atoms with Gasteiger partial charge in [-0.15, -0.1) is 0 Å². The van der Waals surface area contributed by atoms with E-state index in [9.17, 15) is 9.59 Å². The maximum absolute atomic E-state index is 12.0. The van der Waals surface area contributed by atoms with E-state index >= 15 is 0 Å². The molecule has 2 aromatic rings. The molecule has 0 spiro atoms. The molecule has 120 valence electrons. The van der Waals surface area contributed by atoms with Crippen molar-refractivity contribution in [1.29, 1.82) is 0 Å². The molecule has 4 nitrogen and oxygen atoms in total. The number of hydrogen-bond donors (Lipinski definition) is 2. The third-order valence-corrected chi connectivity index (χ3v) is 3.79. The zero-order valence-electron chi connectivity index (χ0n) is 12.7. The Morgan fingerprint density at radius 1 is 0.957 bits per heavy atom. The van der Waals surface area contributed by atoms with E-state index in [1.54, 1.807) is 30.3 Å². The van der Waals surface area contributed by atoms with E-state index in [-0.39, 0.29) is 6.42 Å². The second-order valence-corrected chi connectivity index (χ2v) is 6.01. The normalized spacial score (nSPS) is 10.3. The molecule has 2 amide bonds. The van der Waals surface area contributed by atoms with E-state index in [1.807, 2.05) is 19.9 Å². The lowest BCUT2D eigenvalue weighted by molar-refractivity contribution is -0.123. The van der Waals surface area contributed by atoms with Crippen LogP contribution in [-0.2, 0) is 9.59 Å². The summed E-state index contributed by atoms with van der Waals surface area (Å²) in [6.45, 7) is 3.76. The molecule has 0 heterocycles. The van der Waals surface area contributed by atoms with Gasteiger partial charge in [-0.25, -0.2) is 0 Å². The number of amides is 2. The standard InChI is InChI=1S/C17H16Cl2N2O2/c1-10-7-11(2)17(13(19)8-10)21-16(23)9-15(22)20-14-6-4-3-5-12(14)18/h3-8H,9H2,1-2H3,(H,20,22)(H,21,23). The summed E-state index contributed by atoms with van der Waals surface area (Å²) in [6, 6.07) is 10.5. The van der Waals surface area contributed by atoms with E-state index in [1.165, 1.54) is 0 Å². The van der Waals surface area contributed by atoms with Crippen LogP contribution in [0.25, 0.3) is 0 Å². The van der Waals surface area contributed by atoms with Crippen LogP contribution in [0.3, 0.4) is 0 Å². The molecule has 0 saturated carbocycles. The number of rotatable bonds is 4. The first kappa shape index (κ1) is 17.3. The van der Waals surface area contributed by atoms with Gasteiger partial charge in [0.15, 0.2) is 0 Å². The number of carbonyl (C=O) groups excluding carboxylic acids is 2. The summed E-state index contributed by atoms with van der Waals surface area (Å²) in [6.07, 6.45) is -0.325. The summed E-state index contributed by atoms with van der Waals surface area (Å²) in [5, 5.41) is 6.13. The van der Waals surface area contributed by atoms with Crippen molar-refractivity contribution in [3.05, 3.63) is 57.6 Å². The van der Waals surface area contributed by atoms with Crippen LogP contribution < -0.4 is 10.6 Å². The maximum atomic E-state index is 12.0. The van der Waals surface area contributed by atoms with Crippen molar-refractivity contribution in [2.45, 2.75) is 20.3 Å². The Labute approximate surface area is 144 Å². The molecule has 0 atom stereocenters. The molecule has 0 radical (unpaired) electrons. The Bertz CT molecular complexity index is 737. The molecule has 0 fully saturated rings. The van der Waals surface area contributed by atoms with Crippen LogP contribution in [0.1, 0.15) is 17.5 Å². The van der Waals surface area contributed by atoms with Crippen molar-refractivity contribution in [3.63, 3.8) is 0 Å². The molecule has 2 N–H and O–H groups in total. The molecular weight excluding hydrogens is 335 g/mol. The predicted octanol–water partition coefficient (Wildman–Crippen LogP) is 4.58. The fraction of sp³-hybridized carbons (Fsp3) is 0.176. The van der Waals surface area contributed by atoms with Crippen LogP contribution in [-0.4, -0.2) is 11.8 Å². The molecule has 0 aliphatic carbocycles. The molecule has 0 bridgehead atoms. The van der Waals surface area contributed by atoms with Gasteiger partial charge < -0.3 is 10.6 Å². The molecule has 0 unspecified atom stereocenters. The summed E-state index contributed by atoms with van der Waals surface area (Å²) < 4.78 is 0. The fourth-order valence-electron chi connectivity index (χ4n) is 2.16. The molecule has 0 saturated heterocycles.